The van der Waals surface area contributed by atoms with Gasteiger partial charge >= 0.3 is 0 Å². The zero-order valence-electron chi connectivity index (χ0n) is 8.18. The first-order valence-electron chi connectivity index (χ1n) is 4.84. The van der Waals surface area contributed by atoms with Crippen LogP contribution in [0, 0.1) is 11.8 Å². The molecule has 3 nitrogen and oxygen atoms in total. The number of aliphatic hydroxyl groups is 1. The summed E-state index contributed by atoms with van der Waals surface area (Å²) < 4.78 is 5.24. The number of aliphatic hydroxyl groups excluding tert-OH is 1. The lowest BCUT2D eigenvalue weighted by molar-refractivity contribution is -0.900. The molecule has 0 aromatic carbocycles. The molecule has 1 fully saturated rings. The van der Waals surface area contributed by atoms with Gasteiger partial charge < -0.3 is 14.7 Å². The Hall–Kier alpha value is -0.560. The van der Waals surface area contributed by atoms with Gasteiger partial charge in [0.2, 0.25) is 0 Å². The van der Waals surface area contributed by atoms with Gasteiger partial charge in [0.25, 0.3) is 0 Å². The molecule has 0 unspecified atom stereocenters. The van der Waals surface area contributed by atoms with E-state index in [0.29, 0.717) is 6.42 Å². The third-order valence-corrected chi connectivity index (χ3v) is 2.06. The third-order valence-electron chi connectivity index (χ3n) is 2.06. The molecular weight excluding hydrogens is 166 g/mol. The summed E-state index contributed by atoms with van der Waals surface area (Å²) >= 11 is 0. The maximum absolute atomic E-state index is 8.96. The molecule has 1 rings (SSSR count). The van der Waals surface area contributed by atoms with E-state index < -0.39 is 0 Å². The molecule has 0 radical (unpaired) electrons. The summed E-state index contributed by atoms with van der Waals surface area (Å²) in [6.45, 7) is 6.47. The second kappa shape index (κ2) is 5.98. The molecule has 13 heavy (non-hydrogen) atoms. The summed E-state index contributed by atoms with van der Waals surface area (Å²) in [5, 5.41) is 8.96. The van der Waals surface area contributed by atoms with Gasteiger partial charge in [-0.1, -0.05) is 5.92 Å². The maximum Gasteiger partial charge on any atom is 0.139 e. The molecule has 2 N–H and O–H groups in total. The molecule has 0 bridgehead atoms. The number of quaternary nitrogens is 1. The highest BCUT2D eigenvalue weighted by atomic mass is 16.5. The predicted molar refractivity (Wildman–Crippen MR) is 50.5 cm³/mol. The van der Waals surface area contributed by atoms with Crippen molar-refractivity contribution >= 4 is 0 Å². The number of hydrogen-bond donors (Lipinski definition) is 2. The third kappa shape index (κ3) is 4.89. The molecule has 0 aromatic heterocycles. The van der Waals surface area contributed by atoms with Crippen LogP contribution < -0.4 is 4.90 Å². The van der Waals surface area contributed by atoms with E-state index >= 15 is 0 Å². The van der Waals surface area contributed by atoms with Gasteiger partial charge in [0.15, 0.2) is 0 Å². The molecule has 0 amide bonds. The topological polar surface area (TPSA) is 33.9 Å². The van der Waals surface area contributed by atoms with Crippen molar-refractivity contribution in [2.24, 2.45) is 0 Å². The van der Waals surface area contributed by atoms with Crippen LogP contribution in [0.25, 0.3) is 0 Å². The van der Waals surface area contributed by atoms with E-state index in [1.54, 1.807) is 6.92 Å². The van der Waals surface area contributed by atoms with Crippen LogP contribution >= 0.6 is 0 Å². The second-order valence-corrected chi connectivity index (χ2v) is 3.45. The van der Waals surface area contributed by atoms with E-state index in [1.165, 1.54) is 4.90 Å². The van der Waals surface area contributed by atoms with Crippen molar-refractivity contribution in [3.8, 4) is 11.8 Å². The Balaban J connectivity index is 2.11. The van der Waals surface area contributed by atoms with Crippen LogP contribution in [0.15, 0.2) is 0 Å². The van der Waals surface area contributed by atoms with Crippen LogP contribution in [0.3, 0.4) is 0 Å². The largest absolute Gasteiger partial charge is 0.392 e. The molecule has 0 aromatic rings. The minimum absolute atomic E-state index is 0.299. The van der Waals surface area contributed by atoms with Crippen molar-refractivity contribution < 1.29 is 14.7 Å². The quantitative estimate of drug-likeness (QED) is 0.522. The fourth-order valence-corrected chi connectivity index (χ4v) is 1.24. The van der Waals surface area contributed by atoms with Crippen molar-refractivity contribution in [1.29, 1.82) is 0 Å². The second-order valence-electron chi connectivity index (χ2n) is 3.45. The highest BCUT2D eigenvalue weighted by Gasteiger charge is 2.11. The van der Waals surface area contributed by atoms with Gasteiger partial charge in [0.05, 0.1) is 19.3 Å². The fourth-order valence-electron chi connectivity index (χ4n) is 1.24. The van der Waals surface area contributed by atoms with Crippen molar-refractivity contribution in [1.82, 2.24) is 0 Å². The van der Waals surface area contributed by atoms with E-state index in [9.17, 15) is 0 Å². The van der Waals surface area contributed by atoms with Crippen LogP contribution in [-0.4, -0.2) is 44.1 Å². The number of morpholine rings is 1. The molecular formula is C10H18NO2+. The molecule has 74 valence electrons. The first-order valence-corrected chi connectivity index (χ1v) is 4.84. The van der Waals surface area contributed by atoms with Crippen LogP contribution in [0.2, 0.25) is 0 Å². The zero-order chi connectivity index (χ0) is 9.52. The standard InChI is InChI=1S/C10H17NO2/c1-10(12)4-2-3-5-11-6-8-13-9-7-11/h10,12H,4-9H2,1H3/p+1/t10-/m1/s1. The molecule has 1 heterocycles. The van der Waals surface area contributed by atoms with Crippen molar-refractivity contribution in [3.63, 3.8) is 0 Å². The van der Waals surface area contributed by atoms with E-state index in [1.807, 2.05) is 0 Å². The van der Waals surface area contributed by atoms with Gasteiger partial charge in [0.1, 0.15) is 19.6 Å². The summed E-state index contributed by atoms with van der Waals surface area (Å²) in [6.07, 6.45) is 0.288. The first kappa shape index (κ1) is 10.5. The maximum atomic E-state index is 8.96. The van der Waals surface area contributed by atoms with E-state index in [0.717, 1.165) is 32.8 Å². The summed E-state index contributed by atoms with van der Waals surface area (Å²) in [7, 11) is 0. The normalized spacial score (nSPS) is 20.5. The van der Waals surface area contributed by atoms with Crippen LogP contribution in [0.1, 0.15) is 13.3 Å². The highest BCUT2D eigenvalue weighted by molar-refractivity contribution is 4.99. The number of ether oxygens (including phenoxy) is 1. The van der Waals surface area contributed by atoms with Gasteiger partial charge in [-0.15, -0.1) is 0 Å². The summed E-state index contributed by atoms with van der Waals surface area (Å²) in [5.41, 5.74) is 0. The van der Waals surface area contributed by atoms with Gasteiger partial charge in [-0.3, -0.25) is 0 Å². The lowest BCUT2D eigenvalue weighted by Gasteiger charge is -2.21. The van der Waals surface area contributed by atoms with Gasteiger partial charge in [-0.25, -0.2) is 0 Å². The average molecular weight is 184 g/mol. The molecule has 1 aliphatic heterocycles. The first-order chi connectivity index (χ1) is 6.29. The smallest absolute Gasteiger partial charge is 0.139 e. The Morgan fingerprint density at radius 3 is 2.69 bits per heavy atom. The van der Waals surface area contributed by atoms with E-state index in [4.69, 9.17) is 9.84 Å². The Morgan fingerprint density at radius 1 is 1.38 bits per heavy atom. The predicted octanol–water partition coefficient (Wildman–Crippen LogP) is -1.32. The number of rotatable bonds is 2. The molecule has 1 saturated heterocycles. The monoisotopic (exact) mass is 184 g/mol. The zero-order valence-corrected chi connectivity index (χ0v) is 8.18. The van der Waals surface area contributed by atoms with Crippen LogP contribution in [0.5, 0.6) is 0 Å². The van der Waals surface area contributed by atoms with Crippen molar-refractivity contribution in [2.75, 3.05) is 32.8 Å². The SMILES string of the molecule is C[C@@H](O)CC#CC[NH+]1CCOCC1. The summed E-state index contributed by atoms with van der Waals surface area (Å²) in [6, 6.07) is 0. The van der Waals surface area contributed by atoms with Crippen LogP contribution in [-0.2, 0) is 4.74 Å². The fraction of sp³-hybridized carbons (Fsp3) is 0.800. The minimum atomic E-state index is -0.299. The molecule has 3 heteroatoms. The lowest BCUT2D eigenvalue weighted by Crippen LogP contribution is -3.14. The van der Waals surface area contributed by atoms with Crippen LogP contribution in [0.4, 0.5) is 0 Å². The Labute approximate surface area is 79.7 Å². The molecule has 1 aliphatic rings. The summed E-state index contributed by atoms with van der Waals surface area (Å²) in [5.74, 6) is 6.05. The molecule has 0 saturated carbocycles. The molecule has 1 atom stereocenters. The lowest BCUT2D eigenvalue weighted by atomic mass is 10.3. The van der Waals surface area contributed by atoms with Gasteiger partial charge in [-0.05, 0) is 12.8 Å². The van der Waals surface area contributed by atoms with Crippen molar-refractivity contribution in [3.05, 3.63) is 0 Å². The molecule has 0 aliphatic carbocycles. The van der Waals surface area contributed by atoms with Crippen molar-refractivity contribution in [2.45, 2.75) is 19.4 Å². The Bertz CT molecular complexity index is 187. The average Bonchev–Trinajstić information content (AvgIpc) is 2.14. The number of hydrogen-bond acceptors (Lipinski definition) is 2. The minimum Gasteiger partial charge on any atom is -0.392 e. The van der Waals surface area contributed by atoms with E-state index in [2.05, 4.69) is 11.8 Å². The van der Waals surface area contributed by atoms with Gasteiger partial charge in [0, 0.05) is 6.42 Å². The Morgan fingerprint density at radius 2 is 2.08 bits per heavy atom. The number of nitrogens with one attached hydrogen (secondary N) is 1. The van der Waals surface area contributed by atoms with Gasteiger partial charge in [-0.2, -0.15) is 0 Å². The van der Waals surface area contributed by atoms with E-state index in [-0.39, 0.29) is 6.10 Å². The Kier molecular flexibility index (Phi) is 4.84. The summed E-state index contributed by atoms with van der Waals surface area (Å²) in [4.78, 5) is 1.49. The molecule has 0 spiro atoms. The highest BCUT2D eigenvalue weighted by Crippen LogP contribution is 1.83.